The summed E-state index contributed by atoms with van der Waals surface area (Å²) in [5.41, 5.74) is 10.7. The molecule has 2 aliphatic rings. The summed E-state index contributed by atoms with van der Waals surface area (Å²) in [5.74, 6) is 0.209. The lowest BCUT2D eigenvalue weighted by atomic mass is 9.70. The van der Waals surface area contributed by atoms with Gasteiger partial charge < -0.3 is 40.4 Å². The number of H-pyrrole nitrogens is 1. The molecule has 17 heteroatoms. The van der Waals surface area contributed by atoms with Crippen molar-refractivity contribution >= 4 is 30.5 Å². The molecule has 1 unspecified atom stereocenters. The van der Waals surface area contributed by atoms with E-state index in [2.05, 4.69) is 19.9 Å². The number of aromatic nitrogens is 6. The van der Waals surface area contributed by atoms with Crippen molar-refractivity contribution in [3.05, 3.63) is 39.4 Å². The number of hydrogen-bond acceptors (Lipinski definition) is 12. The second kappa shape index (κ2) is 10.5. The third-order valence-corrected chi connectivity index (χ3v) is 7.16. The van der Waals surface area contributed by atoms with Crippen LogP contribution < -0.4 is 22.7 Å². The monoisotopic (exact) mass is 526 g/mol. The van der Waals surface area contributed by atoms with Crippen LogP contribution in [0.5, 0.6) is 0 Å². The highest BCUT2D eigenvalue weighted by atomic mass is 31.2. The quantitative estimate of drug-likeness (QED) is 0.202. The number of aliphatic hydroxyl groups excluding tert-OH is 2. The molecule has 2 fully saturated rings. The van der Waals surface area contributed by atoms with Gasteiger partial charge in [-0.3, -0.25) is 18.9 Å². The van der Waals surface area contributed by atoms with Gasteiger partial charge in [0, 0.05) is 31.4 Å². The van der Waals surface area contributed by atoms with Crippen LogP contribution in [0.4, 0.5) is 11.8 Å². The van der Waals surface area contributed by atoms with Crippen LogP contribution in [-0.4, -0.2) is 76.4 Å². The molecule has 196 valence electrons. The van der Waals surface area contributed by atoms with Crippen LogP contribution in [0.3, 0.4) is 0 Å². The van der Waals surface area contributed by atoms with E-state index in [4.69, 9.17) is 25.6 Å². The number of anilines is 2. The van der Waals surface area contributed by atoms with Crippen LogP contribution in [0.15, 0.2) is 28.2 Å². The molecule has 1 aliphatic heterocycles. The average Bonchev–Trinajstić information content (AvgIpc) is 3.21. The number of ether oxygens (including phenoxy) is 1. The van der Waals surface area contributed by atoms with Crippen molar-refractivity contribution in [1.29, 1.82) is 0 Å². The van der Waals surface area contributed by atoms with Crippen molar-refractivity contribution in [2.45, 2.75) is 25.1 Å². The normalized spacial score (nSPS) is 27.8. The largest absolute Gasteiger partial charge is 0.396 e. The first-order valence-electron chi connectivity index (χ1n) is 11.0. The zero-order chi connectivity index (χ0) is 26.0. The molecule has 16 nitrogen and oxygen atoms in total. The highest BCUT2D eigenvalue weighted by Crippen LogP contribution is 2.45. The summed E-state index contributed by atoms with van der Waals surface area (Å²) >= 11 is 0. The van der Waals surface area contributed by atoms with E-state index in [1.165, 1.54) is 23.2 Å². The average molecular weight is 526 g/mol. The molecule has 3 aromatic rings. The Bertz CT molecular complexity index is 1380. The van der Waals surface area contributed by atoms with Gasteiger partial charge in [0.2, 0.25) is 5.95 Å². The Morgan fingerprint density at radius 3 is 2.64 bits per heavy atom. The Kier molecular flexibility index (Phi) is 7.54. The van der Waals surface area contributed by atoms with E-state index in [1.54, 1.807) is 4.57 Å². The van der Waals surface area contributed by atoms with Crippen molar-refractivity contribution in [2.24, 2.45) is 11.8 Å². The standard InChI is InChI=1S/C11H15N5O3.C8H12N3O5P/c12-11-14-9-8(10(19)15-11)13-4-16(9)7-1-5(2-17)6(7)3-18;9-7-1-2-11(8(12)10-7)3-6-4-16-17(13,14)5-15-6/h4-7,17-18H,1-3H2,(H3,12,14,15,19);1-2,6H,3-5H2,(H,13,14)(H2,9,10,12)/t5-,6-,7+;6-/m10/s1. The maximum Gasteiger partial charge on any atom is 0.353 e. The van der Waals surface area contributed by atoms with Gasteiger partial charge >= 0.3 is 13.3 Å². The molecule has 4 heterocycles. The van der Waals surface area contributed by atoms with Crippen molar-refractivity contribution in [3.8, 4) is 0 Å². The molecule has 36 heavy (non-hydrogen) atoms. The molecule has 1 aliphatic carbocycles. The maximum absolute atomic E-state index is 11.7. The second-order valence-electron chi connectivity index (χ2n) is 8.51. The van der Waals surface area contributed by atoms with Crippen molar-refractivity contribution in [2.75, 3.05) is 37.6 Å². The van der Waals surface area contributed by atoms with E-state index in [0.29, 0.717) is 5.65 Å². The molecule has 1 saturated heterocycles. The number of fused-ring (bicyclic) bond motifs is 1. The van der Waals surface area contributed by atoms with Gasteiger partial charge in [-0.1, -0.05) is 0 Å². The number of hydrogen-bond donors (Lipinski definition) is 6. The Labute approximate surface area is 203 Å². The Morgan fingerprint density at radius 1 is 1.22 bits per heavy atom. The van der Waals surface area contributed by atoms with Gasteiger partial charge in [0.15, 0.2) is 11.2 Å². The molecule has 0 bridgehead atoms. The first kappa shape index (κ1) is 25.9. The number of nitrogens with one attached hydrogen (secondary N) is 1. The van der Waals surface area contributed by atoms with Crippen molar-refractivity contribution in [1.82, 2.24) is 29.1 Å². The van der Waals surface area contributed by atoms with Crippen molar-refractivity contribution in [3.63, 3.8) is 0 Å². The van der Waals surface area contributed by atoms with Gasteiger partial charge in [-0.05, 0) is 18.4 Å². The van der Waals surface area contributed by atoms with Crippen LogP contribution in [0.2, 0.25) is 0 Å². The summed E-state index contributed by atoms with van der Waals surface area (Å²) in [6.45, 7) is 0.190. The fourth-order valence-corrected chi connectivity index (χ4v) is 5.03. The maximum atomic E-state index is 11.7. The van der Waals surface area contributed by atoms with Crippen molar-refractivity contribution < 1.29 is 28.9 Å². The lowest BCUT2D eigenvalue weighted by molar-refractivity contribution is -0.00859. The predicted octanol–water partition coefficient (Wildman–Crippen LogP) is -1.75. The van der Waals surface area contributed by atoms with Gasteiger partial charge in [-0.25, -0.2) is 9.78 Å². The second-order valence-corrected chi connectivity index (χ2v) is 10.3. The van der Waals surface area contributed by atoms with Gasteiger partial charge in [-0.15, -0.1) is 0 Å². The minimum atomic E-state index is -3.59. The third kappa shape index (κ3) is 5.48. The number of nitrogens with zero attached hydrogens (tertiary/aromatic N) is 5. The Hall–Kier alpha value is -3.14. The fourth-order valence-electron chi connectivity index (χ4n) is 4.15. The fraction of sp³-hybridized carbons (Fsp3) is 0.526. The van der Waals surface area contributed by atoms with Crippen LogP contribution in [0.25, 0.3) is 11.2 Å². The molecular weight excluding hydrogens is 499 g/mol. The summed E-state index contributed by atoms with van der Waals surface area (Å²) in [5, 5.41) is 18.6. The molecule has 0 amide bonds. The molecule has 1 saturated carbocycles. The molecule has 0 aromatic carbocycles. The van der Waals surface area contributed by atoms with E-state index in [1.807, 2.05) is 0 Å². The number of aliphatic hydroxyl groups is 2. The zero-order valence-corrected chi connectivity index (χ0v) is 19.9. The topological polar surface area (TPSA) is 247 Å². The van der Waals surface area contributed by atoms with E-state index >= 15 is 0 Å². The number of nitrogen functional groups attached to an aromatic ring is 2. The summed E-state index contributed by atoms with van der Waals surface area (Å²) in [4.78, 5) is 46.2. The first-order valence-corrected chi connectivity index (χ1v) is 12.7. The molecular formula is C19H27N8O8P. The SMILES string of the molecule is Nc1ccn(C[C@H]2COP(=O)(O)CO2)c(=O)n1.Nc1nc2c(ncn2[C@H]2C[C@H](CO)[C@H]2CO)c(=O)[nH]1. The summed E-state index contributed by atoms with van der Waals surface area (Å²) in [6, 6.07) is 1.48. The lowest BCUT2D eigenvalue weighted by Gasteiger charge is -2.43. The molecule has 8 N–H and O–H groups in total. The number of nitrogens with two attached hydrogens (primary N) is 2. The molecule has 0 radical (unpaired) electrons. The van der Waals surface area contributed by atoms with Crippen LogP contribution in [0.1, 0.15) is 12.5 Å². The van der Waals surface area contributed by atoms with Gasteiger partial charge in [0.1, 0.15) is 18.3 Å². The minimum absolute atomic E-state index is 0.0131. The smallest absolute Gasteiger partial charge is 0.353 e. The van der Waals surface area contributed by atoms with Crippen LogP contribution >= 0.6 is 7.60 Å². The van der Waals surface area contributed by atoms with Crippen LogP contribution in [0, 0.1) is 11.8 Å². The summed E-state index contributed by atoms with van der Waals surface area (Å²) in [6.07, 6.45) is 2.93. The van der Waals surface area contributed by atoms with Crippen LogP contribution in [-0.2, 0) is 20.4 Å². The third-order valence-electron chi connectivity index (χ3n) is 6.13. The Morgan fingerprint density at radius 2 is 2.00 bits per heavy atom. The molecule has 0 spiro atoms. The highest BCUT2D eigenvalue weighted by Gasteiger charge is 2.42. The van der Waals surface area contributed by atoms with Gasteiger partial charge in [-0.2, -0.15) is 9.97 Å². The van der Waals surface area contributed by atoms with E-state index < -0.39 is 19.4 Å². The highest BCUT2D eigenvalue weighted by molar-refractivity contribution is 7.52. The summed E-state index contributed by atoms with van der Waals surface area (Å²) < 4.78 is 24.0. The number of aromatic amines is 1. The first-order chi connectivity index (χ1) is 17.1. The minimum Gasteiger partial charge on any atom is -0.396 e. The predicted molar refractivity (Wildman–Crippen MR) is 126 cm³/mol. The summed E-state index contributed by atoms with van der Waals surface area (Å²) in [7, 11) is -3.59. The van der Waals surface area contributed by atoms with E-state index in [0.717, 1.165) is 6.42 Å². The Balaban J connectivity index is 0.000000170. The molecule has 3 aromatic heterocycles. The van der Waals surface area contributed by atoms with E-state index in [9.17, 15) is 24.4 Å². The molecule has 5 rings (SSSR count). The van der Waals surface area contributed by atoms with Gasteiger partial charge in [0.25, 0.3) is 5.56 Å². The van der Waals surface area contributed by atoms with E-state index in [-0.39, 0.29) is 73.4 Å². The number of rotatable bonds is 5. The lowest BCUT2D eigenvalue weighted by Crippen LogP contribution is -2.42. The zero-order valence-electron chi connectivity index (χ0n) is 19.0. The number of imidazole rings is 1. The molecule has 5 atom stereocenters. The van der Waals surface area contributed by atoms with Gasteiger partial charge in [0.05, 0.1) is 19.5 Å².